The molecule has 0 radical (unpaired) electrons. The van der Waals surface area contributed by atoms with Crippen LogP contribution in [0.3, 0.4) is 0 Å². The normalized spacial score (nSPS) is 12.4. The molecule has 1 aromatic carbocycles. The molecule has 108 valence electrons. The molecule has 0 aliphatic rings. The average Bonchev–Trinajstić information content (AvgIpc) is 2.92. The Hall–Kier alpha value is -1.85. The third-order valence-electron chi connectivity index (χ3n) is 3.54. The summed E-state index contributed by atoms with van der Waals surface area (Å²) >= 11 is 0. The highest BCUT2D eigenvalue weighted by atomic mass is 15.2. The van der Waals surface area contributed by atoms with Gasteiger partial charge in [-0.2, -0.15) is 0 Å². The zero-order valence-corrected chi connectivity index (χ0v) is 12.4. The topological polar surface area (TPSA) is 59.1 Å². The zero-order chi connectivity index (χ0) is 14.5. The van der Waals surface area contributed by atoms with E-state index in [2.05, 4.69) is 51.1 Å². The molecule has 1 unspecified atom stereocenters. The fourth-order valence-corrected chi connectivity index (χ4v) is 2.28. The lowest BCUT2D eigenvalue weighted by atomic mass is 10.0. The fourth-order valence-electron chi connectivity index (χ4n) is 2.28. The molecule has 0 aliphatic heterocycles. The molecular formula is C15H23N5. The van der Waals surface area contributed by atoms with Crippen LogP contribution < -0.4 is 16.2 Å². The number of hydrogen-bond donors (Lipinski definition) is 2. The molecular weight excluding hydrogens is 250 g/mol. The third-order valence-corrected chi connectivity index (χ3v) is 3.54. The van der Waals surface area contributed by atoms with E-state index in [0.29, 0.717) is 0 Å². The summed E-state index contributed by atoms with van der Waals surface area (Å²) in [7, 11) is 4.07. The quantitative estimate of drug-likeness (QED) is 0.621. The predicted octanol–water partition coefficient (Wildman–Crippen LogP) is 1.72. The van der Waals surface area contributed by atoms with Crippen molar-refractivity contribution in [1.82, 2.24) is 15.0 Å². The predicted molar refractivity (Wildman–Crippen MR) is 82.4 cm³/mol. The smallest absolute Gasteiger partial charge is 0.110 e. The Kier molecular flexibility index (Phi) is 4.76. The Bertz CT molecular complexity index is 529. The van der Waals surface area contributed by atoms with Crippen LogP contribution in [0, 0.1) is 0 Å². The molecule has 0 bridgehead atoms. The minimum absolute atomic E-state index is 0.0684. The Morgan fingerprint density at radius 2 is 2.00 bits per heavy atom. The van der Waals surface area contributed by atoms with Crippen LogP contribution in [-0.2, 0) is 13.0 Å². The molecule has 5 heteroatoms. The van der Waals surface area contributed by atoms with Gasteiger partial charge in [0.25, 0.3) is 0 Å². The van der Waals surface area contributed by atoms with Gasteiger partial charge in [-0.05, 0) is 24.6 Å². The lowest BCUT2D eigenvalue weighted by Crippen LogP contribution is -2.30. The first-order chi connectivity index (χ1) is 9.65. The van der Waals surface area contributed by atoms with E-state index in [9.17, 15) is 0 Å². The fraction of sp³-hybridized carbons (Fsp3) is 0.400. The maximum Gasteiger partial charge on any atom is 0.110 e. The minimum Gasteiger partial charge on any atom is -0.378 e. The molecule has 2 aromatic rings. The molecule has 3 N–H and O–H groups in total. The number of rotatable bonds is 6. The molecule has 1 atom stereocenters. The average molecular weight is 273 g/mol. The summed E-state index contributed by atoms with van der Waals surface area (Å²) in [6.07, 6.45) is 4.61. The molecule has 0 aliphatic carbocycles. The molecule has 0 amide bonds. The van der Waals surface area contributed by atoms with E-state index in [4.69, 9.17) is 5.84 Å². The number of aryl methyl sites for hydroxylation is 1. The van der Waals surface area contributed by atoms with E-state index < -0.39 is 0 Å². The van der Waals surface area contributed by atoms with E-state index in [1.54, 1.807) is 0 Å². The number of benzene rings is 1. The lowest BCUT2D eigenvalue weighted by Gasteiger charge is -2.18. The number of nitrogens with one attached hydrogen (secondary N) is 1. The molecule has 0 saturated heterocycles. The van der Waals surface area contributed by atoms with Crippen molar-refractivity contribution in [2.75, 3.05) is 19.0 Å². The summed E-state index contributed by atoms with van der Waals surface area (Å²) in [4.78, 5) is 6.49. The molecule has 1 heterocycles. The number of nitrogens with two attached hydrogens (primary N) is 1. The van der Waals surface area contributed by atoms with Crippen molar-refractivity contribution < 1.29 is 0 Å². The largest absolute Gasteiger partial charge is 0.378 e. The molecule has 1 aromatic heterocycles. The van der Waals surface area contributed by atoms with Gasteiger partial charge in [-0.25, -0.2) is 4.98 Å². The van der Waals surface area contributed by atoms with Crippen LogP contribution in [0.2, 0.25) is 0 Å². The second kappa shape index (κ2) is 6.54. The van der Waals surface area contributed by atoms with Gasteiger partial charge in [0.05, 0.1) is 6.04 Å². The Morgan fingerprint density at radius 1 is 1.30 bits per heavy atom. The van der Waals surface area contributed by atoms with Crippen molar-refractivity contribution in [3.63, 3.8) is 0 Å². The van der Waals surface area contributed by atoms with Crippen molar-refractivity contribution in [1.29, 1.82) is 0 Å². The lowest BCUT2D eigenvalue weighted by molar-refractivity contribution is 0.523. The van der Waals surface area contributed by atoms with Crippen LogP contribution in [0.15, 0.2) is 36.7 Å². The first-order valence-electron chi connectivity index (χ1n) is 6.89. The van der Waals surface area contributed by atoms with Gasteiger partial charge in [0.15, 0.2) is 0 Å². The molecule has 0 fully saturated rings. The number of nitrogens with zero attached hydrogens (tertiary/aromatic N) is 3. The molecule has 5 nitrogen and oxygen atoms in total. The van der Waals surface area contributed by atoms with Gasteiger partial charge in [0.1, 0.15) is 5.82 Å². The summed E-state index contributed by atoms with van der Waals surface area (Å²) in [6.45, 7) is 3.04. The second-order valence-corrected chi connectivity index (χ2v) is 5.04. The third kappa shape index (κ3) is 3.18. The molecule has 0 saturated carbocycles. The van der Waals surface area contributed by atoms with Crippen LogP contribution in [-0.4, -0.2) is 23.6 Å². The van der Waals surface area contributed by atoms with Gasteiger partial charge in [0, 0.05) is 45.1 Å². The highest BCUT2D eigenvalue weighted by Crippen LogP contribution is 2.20. The maximum atomic E-state index is 5.71. The van der Waals surface area contributed by atoms with Crippen molar-refractivity contribution in [3.05, 3.63) is 48.0 Å². The van der Waals surface area contributed by atoms with Crippen LogP contribution in [0.25, 0.3) is 0 Å². The van der Waals surface area contributed by atoms with Crippen molar-refractivity contribution in [2.24, 2.45) is 5.84 Å². The van der Waals surface area contributed by atoms with Crippen molar-refractivity contribution in [2.45, 2.75) is 25.9 Å². The maximum absolute atomic E-state index is 5.71. The van der Waals surface area contributed by atoms with Gasteiger partial charge in [-0.15, -0.1) is 0 Å². The van der Waals surface area contributed by atoms with E-state index in [-0.39, 0.29) is 6.04 Å². The van der Waals surface area contributed by atoms with Gasteiger partial charge < -0.3 is 9.47 Å². The van der Waals surface area contributed by atoms with Crippen LogP contribution in [0.5, 0.6) is 0 Å². The molecule has 20 heavy (non-hydrogen) atoms. The first kappa shape index (κ1) is 14.6. The Balaban J connectivity index is 2.15. The summed E-state index contributed by atoms with van der Waals surface area (Å²) in [5.74, 6) is 6.76. The summed E-state index contributed by atoms with van der Waals surface area (Å²) in [5.41, 5.74) is 5.24. The number of hydrazine groups is 1. The summed E-state index contributed by atoms with van der Waals surface area (Å²) in [5, 5.41) is 0. The van der Waals surface area contributed by atoms with E-state index in [1.807, 2.05) is 26.5 Å². The van der Waals surface area contributed by atoms with Gasteiger partial charge in [-0.3, -0.25) is 11.3 Å². The van der Waals surface area contributed by atoms with Gasteiger partial charge in [0.2, 0.25) is 0 Å². The SMILES string of the molecule is CCn1ccnc1CC(NN)c1ccc(N(C)C)cc1. The van der Waals surface area contributed by atoms with E-state index in [0.717, 1.165) is 18.8 Å². The van der Waals surface area contributed by atoms with Crippen LogP contribution in [0.1, 0.15) is 24.4 Å². The first-order valence-corrected chi connectivity index (χ1v) is 6.89. The van der Waals surface area contributed by atoms with Crippen molar-refractivity contribution >= 4 is 5.69 Å². The van der Waals surface area contributed by atoms with Crippen LogP contribution in [0.4, 0.5) is 5.69 Å². The minimum atomic E-state index is 0.0684. The zero-order valence-electron chi connectivity index (χ0n) is 12.4. The second-order valence-electron chi connectivity index (χ2n) is 5.04. The van der Waals surface area contributed by atoms with Crippen LogP contribution >= 0.6 is 0 Å². The summed E-state index contributed by atoms with van der Waals surface area (Å²) < 4.78 is 2.14. The highest BCUT2D eigenvalue weighted by Gasteiger charge is 2.13. The highest BCUT2D eigenvalue weighted by molar-refractivity contribution is 5.46. The van der Waals surface area contributed by atoms with E-state index >= 15 is 0 Å². The number of imidazole rings is 1. The standard InChI is InChI=1S/C15H23N5/c1-4-20-10-9-17-15(20)11-14(18-16)12-5-7-13(8-6-12)19(2)3/h5-10,14,18H,4,11,16H2,1-3H3. The Morgan fingerprint density at radius 3 is 2.55 bits per heavy atom. The monoisotopic (exact) mass is 273 g/mol. The van der Waals surface area contributed by atoms with E-state index in [1.165, 1.54) is 11.3 Å². The molecule has 2 rings (SSSR count). The summed E-state index contributed by atoms with van der Waals surface area (Å²) in [6, 6.07) is 8.50. The number of aromatic nitrogens is 2. The number of hydrogen-bond acceptors (Lipinski definition) is 4. The van der Waals surface area contributed by atoms with Crippen molar-refractivity contribution in [3.8, 4) is 0 Å². The number of anilines is 1. The molecule has 0 spiro atoms. The van der Waals surface area contributed by atoms with Gasteiger partial charge in [-0.1, -0.05) is 12.1 Å². The Labute approximate surface area is 120 Å². The van der Waals surface area contributed by atoms with Gasteiger partial charge >= 0.3 is 0 Å².